The van der Waals surface area contributed by atoms with Crippen LogP contribution in [0.1, 0.15) is 6.42 Å². The van der Waals surface area contributed by atoms with Crippen LogP contribution in [0.2, 0.25) is 0 Å². The van der Waals surface area contributed by atoms with Crippen LogP contribution in [0, 0.1) is 11.6 Å². The molecule has 0 unspecified atom stereocenters. The monoisotopic (exact) mass is 215 g/mol. The Morgan fingerprint density at radius 2 is 1.93 bits per heavy atom. The van der Waals surface area contributed by atoms with Gasteiger partial charge in [-0.3, -0.25) is 4.79 Å². The van der Waals surface area contributed by atoms with Gasteiger partial charge in [0.25, 0.3) is 0 Å². The third-order valence-corrected chi connectivity index (χ3v) is 1.75. The maximum atomic E-state index is 12.7. The first-order valence-corrected chi connectivity index (χ1v) is 4.38. The molecule has 0 saturated heterocycles. The maximum Gasteiger partial charge on any atom is 0.307 e. The summed E-state index contributed by atoms with van der Waals surface area (Å²) in [6.45, 7) is 0.273. The van der Waals surface area contributed by atoms with Gasteiger partial charge in [-0.15, -0.1) is 0 Å². The minimum absolute atomic E-state index is 0.147. The third-order valence-electron chi connectivity index (χ3n) is 1.75. The number of nitrogens with one attached hydrogen (secondary N) is 1. The summed E-state index contributed by atoms with van der Waals surface area (Å²) < 4.78 is 29.8. The number of hydrogen-bond acceptors (Lipinski definition) is 3. The lowest BCUT2D eigenvalue weighted by atomic mass is 10.3. The molecule has 0 atom stereocenters. The molecule has 0 aliphatic heterocycles. The van der Waals surface area contributed by atoms with Crippen LogP contribution in [0.4, 0.5) is 14.5 Å². The van der Waals surface area contributed by atoms with Crippen LogP contribution < -0.4 is 5.32 Å². The molecule has 0 amide bonds. The summed E-state index contributed by atoms with van der Waals surface area (Å²) in [4.78, 5) is 10.7. The van der Waals surface area contributed by atoms with E-state index in [1.165, 1.54) is 7.11 Å². The smallest absolute Gasteiger partial charge is 0.307 e. The first kappa shape index (κ1) is 11.4. The standard InChI is InChI=1S/C10H11F2NO2/c1-15-10(14)2-3-13-9-5-7(11)4-8(12)6-9/h4-6,13H,2-3H2,1H3. The van der Waals surface area contributed by atoms with E-state index in [2.05, 4.69) is 10.1 Å². The molecule has 82 valence electrons. The van der Waals surface area contributed by atoms with E-state index >= 15 is 0 Å². The topological polar surface area (TPSA) is 38.3 Å². The number of rotatable bonds is 4. The minimum atomic E-state index is -0.657. The highest BCUT2D eigenvalue weighted by Gasteiger charge is 2.02. The first-order valence-electron chi connectivity index (χ1n) is 4.38. The van der Waals surface area contributed by atoms with Crippen LogP contribution in [-0.2, 0) is 9.53 Å². The van der Waals surface area contributed by atoms with E-state index in [9.17, 15) is 13.6 Å². The Kier molecular flexibility index (Phi) is 4.03. The van der Waals surface area contributed by atoms with Crippen molar-refractivity contribution in [2.45, 2.75) is 6.42 Å². The van der Waals surface area contributed by atoms with Crippen molar-refractivity contribution in [3.63, 3.8) is 0 Å². The van der Waals surface area contributed by atoms with Gasteiger partial charge in [-0.2, -0.15) is 0 Å². The predicted molar refractivity (Wildman–Crippen MR) is 51.5 cm³/mol. The van der Waals surface area contributed by atoms with Crippen molar-refractivity contribution in [3.8, 4) is 0 Å². The summed E-state index contributed by atoms with van der Waals surface area (Å²) in [7, 11) is 1.28. The molecule has 0 heterocycles. The van der Waals surface area contributed by atoms with Crippen LogP contribution in [0.3, 0.4) is 0 Å². The summed E-state index contributed by atoms with van der Waals surface area (Å²) >= 11 is 0. The molecule has 1 aromatic carbocycles. The predicted octanol–water partition coefficient (Wildman–Crippen LogP) is 1.94. The summed E-state index contributed by atoms with van der Waals surface area (Å²) in [6.07, 6.45) is 0.147. The van der Waals surface area contributed by atoms with Gasteiger partial charge in [0.15, 0.2) is 0 Å². The largest absolute Gasteiger partial charge is 0.469 e. The van der Waals surface area contributed by atoms with Crippen LogP contribution in [0.25, 0.3) is 0 Å². The fourth-order valence-electron chi connectivity index (χ4n) is 1.07. The van der Waals surface area contributed by atoms with E-state index < -0.39 is 11.6 Å². The lowest BCUT2D eigenvalue weighted by molar-refractivity contribution is -0.140. The molecule has 0 fully saturated rings. The van der Waals surface area contributed by atoms with Crippen molar-refractivity contribution >= 4 is 11.7 Å². The van der Waals surface area contributed by atoms with Gasteiger partial charge in [0.2, 0.25) is 0 Å². The molecule has 0 radical (unpaired) electrons. The minimum Gasteiger partial charge on any atom is -0.469 e. The van der Waals surface area contributed by atoms with Gasteiger partial charge < -0.3 is 10.1 Å². The summed E-state index contributed by atoms with van der Waals surface area (Å²) in [6, 6.07) is 3.09. The van der Waals surface area contributed by atoms with Crippen molar-refractivity contribution < 1.29 is 18.3 Å². The molecule has 0 aliphatic carbocycles. The second-order valence-corrected chi connectivity index (χ2v) is 2.91. The Hall–Kier alpha value is -1.65. The van der Waals surface area contributed by atoms with Gasteiger partial charge in [-0.05, 0) is 12.1 Å². The number of methoxy groups -OCH3 is 1. The van der Waals surface area contributed by atoms with Crippen LogP contribution in [0.15, 0.2) is 18.2 Å². The van der Waals surface area contributed by atoms with E-state index in [4.69, 9.17) is 0 Å². The van der Waals surface area contributed by atoms with Gasteiger partial charge in [0.05, 0.1) is 13.5 Å². The zero-order chi connectivity index (χ0) is 11.3. The van der Waals surface area contributed by atoms with Gasteiger partial charge in [-0.1, -0.05) is 0 Å². The second-order valence-electron chi connectivity index (χ2n) is 2.91. The molecule has 0 aliphatic rings. The average Bonchev–Trinajstić information content (AvgIpc) is 2.16. The van der Waals surface area contributed by atoms with Crippen molar-refractivity contribution in [2.75, 3.05) is 19.0 Å². The number of benzene rings is 1. The molecule has 15 heavy (non-hydrogen) atoms. The molecule has 5 heteroatoms. The van der Waals surface area contributed by atoms with E-state index in [-0.39, 0.29) is 18.9 Å². The Bertz CT molecular complexity index is 335. The lowest BCUT2D eigenvalue weighted by Gasteiger charge is -2.05. The quantitative estimate of drug-likeness (QED) is 0.780. The maximum absolute atomic E-state index is 12.7. The number of carbonyl (C=O) groups excluding carboxylic acids is 1. The first-order chi connectivity index (χ1) is 7.11. The van der Waals surface area contributed by atoms with Gasteiger partial charge in [0, 0.05) is 18.3 Å². The Morgan fingerprint density at radius 1 is 1.33 bits per heavy atom. The molecule has 3 nitrogen and oxygen atoms in total. The molecule has 0 bridgehead atoms. The number of ether oxygens (including phenoxy) is 1. The van der Waals surface area contributed by atoms with E-state index in [1.807, 2.05) is 0 Å². The number of halogens is 2. The van der Waals surface area contributed by atoms with Gasteiger partial charge in [0.1, 0.15) is 11.6 Å². The summed E-state index contributed by atoms with van der Waals surface area (Å²) in [5.74, 6) is -1.69. The third kappa shape index (κ3) is 3.93. The van der Waals surface area contributed by atoms with Crippen molar-refractivity contribution in [1.29, 1.82) is 0 Å². The zero-order valence-electron chi connectivity index (χ0n) is 8.22. The highest BCUT2D eigenvalue weighted by Crippen LogP contribution is 2.12. The second kappa shape index (κ2) is 5.29. The van der Waals surface area contributed by atoms with E-state index in [0.29, 0.717) is 5.69 Å². The molecule has 0 spiro atoms. The molecule has 0 saturated carbocycles. The Morgan fingerprint density at radius 3 is 2.47 bits per heavy atom. The SMILES string of the molecule is COC(=O)CCNc1cc(F)cc(F)c1. The normalized spacial score (nSPS) is 9.80. The van der Waals surface area contributed by atoms with Gasteiger partial charge >= 0.3 is 5.97 Å². The van der Waals surface area contributed by atoms with Crippen LogP contribution in [-0.4, -0.2) is 19.6 Å². The highest BCUT2D eigenvalue weighted by molar-refractivity contribution is 5.69. The summed E-state index contributed by atoms with van der Waals surface area (Å²) in [5.41, 5.74) is 0.302. The molecule has 0 aromatic heterocycles. The molecule has 1 aromatic rings. The Balaban J connectivity index is 2.47. The molecular weight excluding hydrogens is 204 g/mol. The van der Waals surface area contributed by atoms with Crippen LogP contribution in [0.5, 0.6) is 0 Å². The van der Waals surface area contributed by atoms with E-state index in [0.717, 1.165) is 18.2 Å². The number of esters is 1. The molecule has 1 N–H and O–H groups in total. The van der Waals surface area contributed by atoms with E-state index in [1.54, 1.807) is 0 Å². The van der Waals surface area contributed by atoms with Gasteiger partial charge in [-0.25, -0.2) is 8.78 Å². The number of carbonyl (C=O) groups is 1. The Labute approximate surface area is 86.0 Å². The van der Waals surface area contributed by atoms with Crippen molar-refractivity contribution in [1.82, 2.24) is 0 Å². The number of hydrogen-bond donors (Lipinski definition) is 1. The zero-order valence-corrected chi connectivity index (χ0v) is 8.22. The van der Waals surface area contributed by atoms with Crippen molar-refractivity contribution in [3.05, 3.63) is 29.8 Å². The fraction of sp³-hybridized carbons (Fsp3) is 0.300. The van der Waals surface area contributed by atoms with Crippen LogP contribution >= 0.6 is 0 Å². The summed E-state index contributed by atoms with van der Waals surface area (Å²) in [5, 5.41) is 2.71. The average molecular weight is 215 g/mol. The molecule has 1 rings (SSSR count). The fourth-order valence-corrected chi connectivity index (χ4v) is 1.07. The lowest BCUT2D eigenvalue weighted by Crippen LogP contribution is -2.09. The highest BCUT2D eigenvalue weighted by atomic mass is 19.1. The molecular formula is C10H11F2NO2. The number of anilines is 1. The van der Waals surface area contributed by atoms with Crippen molar-refractivity contribution in [2.24, 2.45) is 0 Å².